The van der Waals surface area contributed by atoms with Gasteiger partial charge in [0.15, 0.2) is 5.82 Å². The molecule has 0 amide bonds. The van der Waals surface area contributed by atoms with E-state index in [0.717, 1.165) is 12.1 Å². The normalized spacial score (nSPS) is 11.8. The molecule has 2 heterocycles. The number of hydrogen-bond donors (Lipinski definition) is 1. The summed E-state index contributed by atoms with van der Waals surface area (Å²) in [7, 11) is 0. The number of hydrogen-bond acceptors (Lipinski definition) is 6. The maximum Gasteiger partial charge on any atom is 0.416 e. The highest BCUT2D eigenvalue weighted by Gasteiger charge is 2.30. The van der Waals surface area contributed by atoms with E-state index in [9.17, 15) is 13.2 Å². The summed E-state index contributed by atoms with van der Waals surface area (Å²) in [5.41, 5.74) is -0.272. The van der Waals surface area contributed by atoms with E-state index in [1.54, 1.807) is 6.92 Å². The molecule has 0 saturated carbocycles. The zero-order valence-corrected chi connectivity index (χ0v) is 12.6. The van der Waals surface area contributed by atoms with E-state index in [4.69, 9.17) is 0 Å². The molecule has 0 atom stereocenters. The van der Waals surface area contributed by atoms with Crippen LogP contribution in [0.4, 0.5) is 13.2 Å². The van der Waals surface area contributed by atoms with Crippen LogP contribution in [0.2, 0.25) is 0 Å². The van der Waals surface area contributed by atoms with E-state index in [0.29, 0.717) is 28.2 Å². The smallest absolute Gasteiger partial charge is 0.262 e. The number of aryl methyl sites for hydroxylation is 1. The number of nitrogens with zero attached hydrogens (tertiary/aromatic N) is 6. The minimum atomic E-state index is -4.37. The minimum absolute atomic E-state index is 0.380. The Balaban J connectivity index is 1.77. The second-order valence-corrected chi connectivity index (χ2v) is 5.49. The van der Waals surface area contributed by atoms with Crippen LogP contribution < -0.4 is 0 Å². The predicted molar refractivity (Wildman–Crippen MR) is 74.8 cm³/mol. The molecule has 0 unspecified atom stereocenters. The lowest BCUT2D eigenvalue weighted by molar-refractivity contribution is -0.137. The molecular formula is C12H10F3N7S. The molecule has 0 saturated heterocycles. The summed E-state index contributed by atoms with van der Waals surface area (Å²) in [4.78, 5) is 4.14. The van der Waals surface area contributed by atoms with Crippen LogP contribution in [0.3, 0.4) is 0 Å². The third-order valence-electron chi connectivity index (χ3n) is 2.88. The van der Waals surface area contributed by atoms with Gasteiger partial charge >= 0.3 is 6.18 Å². The molecule has 0 fully saturated rings. The molecule has 0 aliphatic rings. The maximum atomic E-state index is 12.6. The summed E-state index contributed by atoms with van der Waals surface area (Å²) >= 11 is 1.32. The van der Waals surface area contributed by atoms with Gasteiger partial charge in [-0.2, -0.15) is 17.9 Å². The van der Waals surface area contributed by atoms with Crippen molar-refractivity contribution in [2.45, 2.75) is 24.0 Å². The number of tetrazole rings is 1. The van der Waals surface area contributed by atoms with Crippen molar-refractivity contribution in [1.82, 2.24) is 35.4 Å². The van der Waals surface area contributed by atoms with Crippen molar-refractivity contribution < 1.29 is 13.2 Å². The highest BCUT2D eigenvalue weighted by molar-refractivity contribution is 7.98. The van der Waals surface area contributed by atoms with Gasteiger partial charge in [-0.05, 0) is 41.6 Å². The second kappa shape index (κ2) is 5.99. The van der Waals surface area contributed by atoms with Gasteiger partial charge in [-0.1, -0.05) is 11.8 Å². The standard InChI is InChI=1S/C12H10F3N7S/c1-7-16-11(19-17-7)23-6-10-18-20-21-22(10)9-4-2-8(3-5-9)12(13,14)15/h2-5H,6H2,1H3,(H,16,17,19). The van der Waals surface area contributed by atoms with Crippen molar-refractivity contribution in [3.8, 4) is 5.69 Å². The summed E-state index contributed by atoms with van der Waals surface area (Å²) in [5, 5.41) is 18.5. The Bertz CT molecular complexity index is 794. The van der Waals surface area contributed by atoms with E-state index in [2.05, 4.69) is 30.7 Å². The number of alkyl halides is 3. The van der Waals surface area contributed by atoms with Gasteiger partial charge in [0.1, 0.15) is 5.82 Å². The lowest BCUT2D eigenvalue weighted by atomic mass is 10.2. The molecule has 7 nitrogen and oxygen atoms in total. The fourth-order valence-corrected chi connectivity index (χ4v) is 2.55. The Morgan fingerprint density at radius 3 is 2.57 bits per heavy atom. The molecule has 0 bridgehead atoms. The number of aromatic nitrogens is 7. The molecule has 0 aliphatic heterocycles. The van der Waals surface area contributed by atoms with Gasteiger partial charge in [-0.3, -0.25) is 5.10 Å². The number of halogens is 3. The van der Waals surface area contributed by atoms with E-state index in [1.807, 2.05) is 0 Å². The monoisotopic (exact) mass is 341 g/mol. The zero-order chi connectivity index (χ0) is 16.4. The molecule has 11 heteroatoms. The number of rotatable bonds is 4. The first kappa shape index (κ1) is 15.5. The third-order valence-corrected chi connectivity index (χ3v) is 3.72. The molecule has 0 spiro atoms. The van der Waals surface area contributed by atoms with Crippen LogP contribution in [0.15, 0.2) is 29.4 Å². The van der Waals surface area contributed by atoms with Gasteiger partial charge < -0.3 is 0 Å². The topological polar surface area (TPSA) is 85.2 Å². The van der Waals surface area contributed by atoms with Crippen molar-refractivity contribution in [2.24, 2.45) is 0 Å². The summed E-state index contributed by atoms with van der Waals surface area (Å²) in [6, 6.07) is 4.63. The van der Waals surface area contributed by atoms with Gasteiger partial charge in [0.25, 0.3) is 0 Å². The second-order valence-electron chi connectivity index (χ2n) is 4.54. The van der Waals surface area contributed by atoms with E-state index >= 15 is 0 Å². The van der Waals surface area contributed by atoms with Crippen molar-refractivity contribution in [3.63, 3.8) is 0 Å². The van der Waals surface area contributed by atoms with Gasteiger partial charge in [0.05, 0.1) is 17.0 Å². The number of H-pyrrole nitrogens is 1. The van der Waals surface area contributed by atoms with Crippen LogP contribution in [0.1, 0.15) is 17.2 Å². The van der Waals surface area contributed by atoms with Gasteiger partial charge in [0.2, 0.25) is 5.16 Å². The van der Waals surface area contributed by atoms with Crippen molar-refractivity contribution in [1.29, 1.82) is 0 Å². The fourth-order valence-electron chi connectivity index (χ4n) is 1.80. The third kappa shape index (κ3) is 3.50. The Kier molecular flexibility index (Phi) is 4.03. The highest BCUT2D eigenvalue weighted by Crippen LogP contribution is 2.29. The van der Waals surface area contributed by atoms with Gasteiger partial charge in [-0.15, -0.1) is 10.2 Å². The number of nitrogens with one attached hydrogen (secondary N) is 1. The first-order chi connectivity index (χ1) is 10.9. The van der Waals surface area contributed by atoms with Gasteiger partial charge in [-0.25, -0.2) is 4.98 Å². The van der Waals surface area contributed by atoms with E-state index < -0.39 is 11.7 Å². The first-order valence-electron chi connectivity index (χ1n) is 6.40. The molecule has 23 heavy (non-hydrogen) atoms. The number of aromatic amines is 1. The quantitative estimate of drug-likeness (QED) is 0.734. The highest BCUT2D eigenvalue weighted by atomic mass is 32.2. The lowest BCUT2D eigenvalue weighted by Gasteiger charge is -2.08. The molecule has 3 aromatic rings. The summed E-state index contributed by atoms with van der Waals surface area (Å²) in [6.45, 7) is 1.78. The van der Waals surface area contributed by atoms with Crippen molar-refractivity contribution in [2.75, 3.05) is 0 Å². The lowest BCUT2D eigenvalue weighted by Crippen LogP contribution is -2.06. The average molecular weight is 341 g/mol. The van der Waals surface area contributed by atoms with Crippen LogP contribution in [-0.4, -0.2) is 35.4 Å². The summed E-state index contributed by atoms with van der Waals surface area (Å²) in [6.07, 6.45) is -4.37. The first-order valence-corrected chi connectivity index (χ1v) is 7.39. The molecular weight excluding hydrogens is 331 g/mol. The van der Waals surface area contributed by atoms with Crippen LogP contribution in [0.5, 0.6) is 0 Å². The Morgan fingerprint density at radius 2 is 1.96 bits per heavy atom. The van der Waals surface area contributed by atoms with Gasteiger partial charge in [0, 0.05) is 0 Å². The number of thioether (sulfide) groups is 1. The minimum Gasteiger partial charge on any atom is -0.262 e. The van der Waals surface area contributed by atoms with Crippen LogP contribution in [0, 0.1) is 6.92 Å². The van der Waals surface area contributed by atoms with Crippen molar-refractivity contribution in [3.05, 3.63) is 41.5 Å². The molecule has 1 N–H and O–H groups in total. The summed E-state index contributed by atoms with van der Waals surface area (Å²) in [5.74, 6) is 1.55. The van der Waals surface area contributed by atoms with Crippen LogP contribution in [-0.2, 0) is 11.9 Å². The van der Waals surface area contributed by atoms with Crippen LogP contribution in [0.25, 0.3) is 5.69 Å². The van der Waals surface area contributed by atoms with E-state index in [1.165, 1.54) is 28.6 Å². The SMILES string of the molecule is Cc1nc(SCc2nnnn2-c2ccc(C(F)(F)F)cc2)n[nH]1. The average Bonchev–Trinajstić information content (AvgIpc) is 3.13. The molecule has 1 aromatic carbocycles. The molecule has 0 radical (unpaired) electrons. The molecule has 120 valence electrons. The molecule has 0 aliphatic carbocycles. The largest absolute Gasteiger partial charge is 0.416 e. The Hall–Kier alpha value is -2.43. The summed E-state index contributed by atoms with van der Waals surface area (Å²) < 4.78 is 39.1. The maximum absolute atomic E-state index is 12.6. The number of benzene rings is 1. The van der Waals surface area contributed by atoms with Crippen LogP contribution >= 0.6 is 11.8 Å². The fraction of sp³-hybridized carbons (Fsp3) is 0.250. The molecule has 2 aromatic heterocycles. The zero-order valence-electron chi connectivity index (χ0n) is 11.7. The predicted octanol–water partition coefficient (Wildman–Crippen LogP) is 2.40. The van der Waals surface area contributed by atoms with Crippen molar-refractivity contribution >= 4 is 11.8 Å². The Labute approximate surface area is 132 Å². The Morgan fingerprint density at radius 1 is 1.22 bits per heavy atom. The van der Waals surface area contributed by atoms with E-state index in [-0.39, 0.29) is 0 Å². The molecule has 3 rings (SSSR count).